The Bertz CT molecular complexity index is 1060. The van der Waals surface area contributed by atoms with Gasteiger partial charge >= 0.3 is 0 Å². The number of hydrogen-bond donors (Lipinski definition) is 1. The highest BCUT2D eigenvalue weighted by Crippen LogP contribution is 2.26. The fourth-order valence-corrected chi connectivity index (χ4v) is 7.34. The molecule has 4 rings (SSSR count). The molecule has 1 atom stereocenters. The summed E-state index contributed by atoms with van der Waals surface area (Å²) in [5, 5.41) is 4.03. The van der Waals surface area contributed by atoms with Crippen molar-refractivity contribution in [3.8, 4) is 0 Å². The van der Waals surface area contributed by atoms with Gasteiger partial charge in [0.15, 0.2) is 0 Å². The van der Waals surface area contributed by atoms with E-state index in [1.807, 2.05) is 16.8 Å². The number of nitrogens with one attached hydrogen (secondary N) is 1. The quantitative estimate of drug-likeness (QED) is 0.645. The Labute approximate surface area is 187 Å². The first-order valence-electron chi connectivity index (χ1n) is 10.3. The van der Waals surface area contributed by atoms with Crippen LogP contribution in [0.25, 0.3) is 0 Å². The topological polar surface area (TPSA) is 96.0 Å². The Kier molecular flexibility index (Phi) is 6.99. The van der Waals surface area contributed by atoms with E-state index in [2.05, 4.69) is 9.62 Å². The van der Waals surface area contributed by atoms with E-state index < -0.39 is 20.0 Å². The second-order valence-corrected chi connectivity index (χ2v) is 12.2. The molecule has 0 bridgehead atoms. The largest absolute Gasteiger partial charge is 0.379 e. The molecule has 0 aliphatic carbocycles. The maximum Gasteiger partial charge on any atom is 0.240 e. The number of rotatable bonds is 7. The molecule has 170 valence electrons. The zero-order valence-corrected chi connectivity index (χ0v) is 19.6. The first kappa shape index (κ1) is 22.7. The van der Waals surface area contributed by atoms with Crippen molar-refractivity contribution < 1.29 is 21.6 Å². The van der Waals surface area contributed by atoms with Crippen LogP contribution in [-0.4, -0.2) is 66.9 Å². The fourth-order valence-electron chi connectivity index (χ4n) is 3.95. The smallest absolute Gasteiger partial charge is 0.240 e. The molecule has 0 amide bonds. The number of ether oxygens (including phenoxy) is 1. The summed E-state index contributed by atoms with van der Waals surface area (Å²) in [6.45, 7) is 3.45. The van der Waals surface area contributed by atoms with Gasteiger partial charge in [0.1, 0.15) is 0 Å². The van der Waals surface area contributed by atoms with Crippen LogP contribution in [0.2, 0.25) is 0 Å². The van der Waals surface area contributed by atoms with Crippen molar-refractivity contribution in [2.45, 2.75) is 23.8 Å². The van der Waals surface area contributed by atoms with Gasteiger partial charge in [-0.3, -0.25) is 9.21 Å². The van der Waals surface area contributed by atoms with Gasteiger partial charge in [-0.2, -0.15) is 11.3 Å². The van der Waals surface area contributed by atoms with Gasteiger partial charge in [-0.15, -0.1) is 0 Å². The summed E-state index contributed by atoms with van der Waals surface area (Å²) < 4.78 is 60.0. The molecule has 3 heterocycles. The lowest BCUT2D eigenvalue weighted by molar-refractivity contribution is 0.0173. The van der Waals surface area contributed by atoms with Crippen molar-refractivity contribution in [1.29, 1.82) is 0 Å². The van der Waals surface area contributed by atoms with Gasteiger partial charge in [-0.25, -0.2) is 21.6 Å². The molecule has 0 unspecified atom stereocenters. The second-order valence-electron chi connectivity index (χ2n) is 7.66. The first-order chi connectivity index (χ1) is 14.9. The number of thiophene rings is 1. The van der Waals surface area contributed by atoms with Crippen LogP contribution >= 0.6 is 11.3 Å². The summed E-state index contributed by atoms with van der Waals surface area (Å²) in [7, 11) is -7.06. The molecule has 2 saturated heterocycles. The Hall–Kier alpha value is -1.50. The summed E-state index contributed by atoms with van der Waals surface area (Å²) in [6, 6.07) is 8.02. The van der Waals surface area contributed by atoms with Crippen LogP contribution in [0.4, 0.5) is 5.69 Å². The minimum absolute atomic E-state index is 0.0670. The van der Waals surface area contributed by atoms with Gasteiger partial charge in [0.2, 0.25) is 20.0 Å². The van der Waals surface area contributed by atoms with Crippen molar-refractivity contribution in [2.75, 3.05) is 49.5 Å². The molecule has 11 heteroatoms. The predicted molar refractivity (Wildman–Crippen MR) is 121 cm³/mol. The number of anilines is 1. The van der Waals surface area contributed by atoms with Crippen molar-refractivity contribution in [1.82, 2.24) is 9.62 Å². The average Bonchev–Trinajstić information content (AvgIpc) is 3.29. The molecule has 0 spiro atoms. The van der Waals surface area contributed by atoms with E-state index >= 15 is 0 Å². The Morgan fingerprint density at radius 2 is 1.81 bits per heavy atom. The van der Waals surface area contributed by atoms with Crippen LogP contribution in [0.15, 0.2) is 46.0 Å². The lowest BCUT2D eigenvalue weighted by atomic mass is 10.1. The second kappa shape index (κ2) is 9.55. The van der Waals surface area contributed by atoms with E-state index in [4.69, 9.17) is 4.74 Å². The molecule has 8 nitrogen and oxygen atoms in total. The van der Waals surface area contributed by atoms with E-state index in [0.717, 1.165) is 25.1 Å². The van der Waals surface area contributed by atoms with Crippen LogP contribution in [0.1, 0.15) is 24.4 Å². The highest BCUT2D eigenvalue weighted by Gasteiger charge is 2.28. The normalized spacial score (nSPS) is 21.1. The van der Waals surface area contributed by atoms with Crippen molar-refractivity contribution in [3.63, 3.8) is 0 Å². The van der Waals surface area contributed by atoms with Crippen LogP contribution in [0.5, 0.6) is 0 Å². The van der Waals surface area contributed by atoms with E-state index in [1.165, 1.54) is 16.4 Å². The number of morpholine rings is 1. The van der Waals surface area contributed by atoms with E-state index in [-0.39, 0.29) is 23.2 Å². The van der Waals surface area contributed by atoms with Crippen LogP contribution in [0, 0.1) is 0 Å². The lowest BCUT2D eigenvalue weighted by Crippen LogP contribution is -2.43. The molecular formula is C20H27N3O5S3. The zero-order valence-electron chi connectivity index (χ0n) is 17.1. The van der Waals surface area contributed by atoms with Gasteiger partial charge in [0.25, 0.3) is 0 Å². The van der Waals surface area contributed by atoms with E-state index in [0.29, 0.717) is 31.9 Å². The average molecular weight is 486 g/mol. The highest BCUT2D eigenvalue weighted by atomic mass is 32.2. The molecule has 1 aromatic heterocycles. The molecule has 0 saturated carbocycles. The third-order valence-electron chi connectivity index (χ3n) is 5.67. The van der Waals surface area contributed by atoms with Crippen molar-refractivity contribution >= 4 is 37.1 Å². The SMILES string of the molecule is O=S(=O)(NC[C@H](c1ccsc1)N1CCOCC1)c1ccc(N2CCCCS2(=O)=O)cc1. The summed E-state index contributed by atoms with van der Waals surface area (Å²) >= 11 is 1.59. The van der Waals surface area contributed by atoms with Gasteiger partial charge in [0, 0.05) is 32.2 Å². The molecule has 2 aromatic rings. The summed E-state index contributed by atoms with van der Waals surface area (Å²) in [6.07, 6.45) is 1.45. The zero-order chi connectivity index (χ0) is 21.9. The molecule has 2 aliphatic heterocycles. The molecular weight excluding hydrogens is 458 g/mol. The Balaban J connectivity index is 1.47. The standard InChI is InChI=1S/C20H27N3O5S3/c24-30(25)14-2-1-8-23(30)18-3-5-19(6-4-18)31(26,27)21-15-20(17-7-13-29-16-17)22-9-11-28-12-10-22/h3-7,13,16,20-21H,1-2,8-12,14-15H2/t20-/m1/s1. The number of nitrogens with zero attached hydrogens (tertiary/aromatic N) is 2. The fraction of sp³-hybridized carbons (Fsp3) is 0.500. The van der Waals surface area contributed by atoms with Gasteiger partial charge in [-0.1, -0.05) is 0 Å². The number of hydrogen-bond acceptors (Lipinski definition) is 7. The lowest BCUT2D eigenvalue weighted by Gasteiger charge is -2.34. The van der Waals surface area contributed by atoms with Crippen LogP contribution in [-0.2, 0) is 24.8 Å². The maximum atomic E-state index is 12.9. The summed E-state index contributed by atoms with van der Waals surface area (Å²) in [5.41, 5.74) is 1.59. The van der Waals surface area contributed by atoms with Gasteiger partial charge in [-0.05, 0) is 59.5 Å². The maximum absolute atomic E-state index is 12.9. The van der Waals surface area contributed by atoms with E-state index in [9.17, 15) is 16.8 Å². The number of benzene rings is 1. The molecule has 1 N–H and O–H groups in total. The Morgan fingerprint density at radius 3 is 2.45 bits per heavy atom. The summed E-state index contributed by atoms with van der Waals surface area (Å²) in [5.74, 6) is 0.125. The first-order valence-corrected chi connectivity index (χ1v) is 14.3. The summed E-state index contributed by atoms with van der Waals surface area (Å²) in [4.78, 5) is 2.36. The third kappa shape index (κ3) is 5.29. The minimum atomic E-state index is -3.73. The van der Waals surface area contributed by atoms with Crippen molar-refractivity contribution in [3.05, 3.63) is 46.7 Å². The minimum Gasteiger partial charge on any atom is -0.379 e. The van der Waals surface area contributed by atoms with E-state index in [1.54, 1.807) is 23.5 Å². The molecule has 2 aliphatic rings. The predicted octanol–water partition coefficient (Wildman–Crippen LogP) is 2.03. The van der Waals surface area contributed by atoms with Crippen LogP contribution < -0.4 is 9.03 Å². The monoisotopic (exact) mass is 485 g/mol. The van der Waals surface area contributed by atoms with Crippen LogP contribution in [0.3, 0.4) is 0 Å². The van der Waals surface area contributed by atoms with Gasteiger partial charge in [0.05, 0.1) is 29.5 Å². The van der Waals surface area contributed by atoms with Gasteiger partial charge < -0.3 is 4.74 Å². The number of sulfonamides is 2. The molecule has 31 heavy (non-hydrogen) atoms. The molecule has 2 fully saturated rings. The van der Waals surface area contributed by atoms with Crippen molar-refractivity contribution in [2.24, 2.45) is 0 Å². The third-order valence-corrected chi connectivity index (χ3v) is 9.68. The highest BCUT2D eigenvalue weighted by molar-refractivity contribution is 7.92. The Morgan fingerprint density at radius 1 is 1.06 bits per heavy atom. The molecule has 1 aromatic carbocycles. The molecule has 0 radical (unpaired) electrons.